The van der Waals surface area contributed by atoms with E-state index in [9.17, 15) is 32.5 Å². The summed E-state index contributed by atoms with van der Waals surface area (Å²) < 4.78 is 56.7. The second kappa shape index (κ2) is 12.6. The van der Waals surface area contributed by atoms with Crippen molar-refractivity contribution in [3.63, 3.8) is 0 Å². The van der Waals surface area contributed by atoms with E-state index < -0.39 is 28.9 Å². The molecule has 2 fully saturated rings. The van der Waals surface area contributed by atoms with E-state index in [0.717, 1.165) is 50.4 Å². The number of hydrogen-bond donors (Lipinski definition) is 3. The molecule has 3 atom stereocenters. The van der Waals surface area contributed by atoms with Gasteiger partial charge in [0.1, 0.15) is 5.82 Å². The normalized spacial score (nSPS) is 22.0. The van der Waals surface area contributed by atoms with Crippen molar-refractivity contribution in [2.75, 3.05) is 33.1 Å². The van der Waals surface area contributed by atoms with Crippen molar-refractivity contribution in [1.29, 1.82) is 0 Å². The number of aliphatic carboxylic acids is 1. The molecule has 15 heteroatoms. The Balaban J connectivity index is 0.000000587. The molecule has 1 aliphatic heterocycles. The number of nitrogens with zero attached hydrogens (tertiary/aromatic N) is 2. The number of ether oxygens (including phenoxy) is 2. The van der Waals surface area contributed by atoms with E-state index in [1.165, 1.54) is 5.56 Å². The number of amides is 2. The number of halogens is 4. The molecule has 41 heavy (non-hydrogen) atoms. The molecule has 0 aromatic heterocycles. The van der Waals surface area contributed by atoms with Gasteiger partial charge in [0.2, 0.25) is 0 Å². The average molecular weight is 587 g/mol. The Morgan fingerprint density at radius 3 is 2.37 bits per heavy atom. The summed E-state index contributed by atoms with van der Waals surface area (Å²) >= 11 is 0. The zero-order valence-corrected chi connectivity index (χ0v) is 22.5. The number of urea groups is 1. The van der Waals surface area contributed by atoms with Crippen LogP contribution in [0.25, 0.3) is 0 Å². The Bertz CT molecular complexity index is 1290. The molecular formula is C26H30F4N4O7. The summed E-state index contributed by atoms with van der Waals surface area (Å²) in [5.74, 6) is -2.10. The molecule has 11 nitrogen and oxygen atoms in total. The molecule has 1 aliphatic carbocycles. The number of nitrogens with one attached hydrogen (secondary N) is 2. The van der Waals surface area contributed by atoms with E-state index in [2.05, 4.69) is 34.7 Å². The van der Waals surface area contributed by atoms with Crippen molar-refractivity contribution < 1.29 is 46.7 Å². The number of carbonyl (C=O) groups is 2. The van der Waals surface area contributed by atoms with Gasteiger partial charge in [-0.15, -0.1) is 0 Å². The van der Waals surface area contributed by atoms with Gasteiger partial charge in [0, 0.05) is 29.6 Å². The molecule has 3 N–H and O–H groups in total. The van der Waals surface area contributed by atoms with E-state index in [1.807, 2.05) is 6.07 Å². The monoisotopic (exact) mass is 586 g/mol. The Kier molecular flexibility index (Phi) is 9.63. The number of benzene rings is 2. The quantitative estimate of drug-likeness (QED) is 0.251. The fraction of sp³-hybridized carbons (Fsp3) is 0.462. The predicted molar refractivity (Wildman–Crippen MR) is 139 cm³/mol. The van der Waals surface area contributed by atoms with Crippen LogP contribution < -0.4 is 20.1 Å². The number of anilines is 1. The summed E-state index contributed by atoms with van der Waals surface area (Å²) in [5.41, 5.74) is 0.623. The van der Waals surface area contributed by atoms with Gasteiger partial charge in [-0.1, -0.05) is 6.07 Å². The Hall–Kier alpha value is -4.14. The molecule has 1 heterocycles. The van der Waals surface area contributed by atoms with Crippen LogP contribution in [0.5, 0.6) is 11.5 Å². The van der Waals surface area contributed by atoms with Crippen LogP contribution in [0.1, 0.15) is 31.2 Å². The number of likely N-dealkylation sites (tertiary alicyclic amines) is 1. The lowest BCUT2D eigenvalue weighted by Crippen LogP contribution is -2.52. The van der Waals surface area contributed by atoms with Gasteiger partial charge in [0.25, 0.3) is 5.69 Å². The first-order valence-corrected chi connectivity index (χ1v) is 12.5. The molecule has 0 spiro atoms. The number of nitro benzene ring substituents is 1. The fourth-order valence-corrected chi connectivity index (χ4v) is 5.46. The standard InChI is InChI=1S/C24H29FN4O5.C2HF3O2/c1-28-11-10-24(15-4-7-20(33-2)21(12-15)34-3)9-8-16(13-22(24)28)26-23(30)27-19-14-17(29(31)32)5-6-18(19)25;3-2(4,5)1(6)7/h4-7,12,14,16,22H,8-11,13H2,1-3H3,(H2,26,27,30);(H,6,7)/t16-,22+,24+;/m1./s1. The van der Waals surface area contributed by atoms with Gasteiger partial charge in [-0.2, -0.15) is 13.2 Å². The molecule has 2 aromatic carbocycles. The lowest BCUT2D eigenvalue weighted by atomic mass is 9.65. The summed E-state index contributed by atoms with van der Waals surface area (Å²) in [6.45, 7) is 0.941. The average Bonchev–Trinajstić information content (AvgIpc) is 3.26. The van der Waals surface area contributed by atoms with Gasteiger partial charge in [-0.3, -0.25) is 10.1 Å². The highest BCUT2D eigenvalue weighted by Crippen LogP contribution is 2.49. The van der Waals surface area contributed by atoms with E-state index in [-0.39, 0.29) is 28.9 Å². The topological polar surface area (TPSA) is 143 Å². The maximum Gasteiger partial charge on any atom is 0.490 e. The van der Waals surface area contributed by atoms with Crippen LogP contribution in [-0.2, 0) is 10.2 Å². The van der Waals surface area contributed by atoms with E-state index in [1.54, 1.807) is 14.2 Å². The number of rotatable bonds is 6. The second-order valence-electron chi connectivity index (χ2n) is 9.77. The smallest absolute Gasteiger partial charge is 0.490 e. The van der Waals surface area contributed by atoms with E-state index in [0.29, 0.717) is 11.5 Å². The van der Waals surface area contributed by atoms with Crippen molar-refractivity contribution in [1.82, 2.24) is 10.2 Å². The number of nitro groups is 1. The van der Waals surface area contributed by atoms with Gasteiger partial charge in [0.15, 0.2) is 11.5 Å². The number of carbonyl (C=O) groups excluding carboxylic acids is 1. The summed E-state index contributed by atoms with van der Waals surface area (Å²) in [4.78, 5) is 34.1. The van der Waals surface area contributed by atoms with Crippen LogP contribution in [0, 0.1) is 15.9 Å². The first-order chi connectivity index (χ1) is 19.2. The minimum atomic E-state index is -5.08. The molecular weight excluding hydrogens is 556 g/mol. The number of likely N-dealkylation sites (N-methyl/N-ethyl adjacent to an activating group) is 1. The lowest BCUT2D eigenvalue weighted by Gasteiger charge is -2.45. The highest BCUT2D eigenvalue weighted by molar-refractivity contribution is 5.90. The summed E-state index contributed by atoms with van der Waals surface area (Å²) in [6.07, 6.45) is -1.73. The molecule has 1 saturated heterocycles. The van der Waals surface area contributed by atoms with Crippen LogP contribution in [-0.4, -0.2) is 73.0 Å². The van der Waals surface area contributed by atoms with Gasteiger partial charge < -0.3 is 30.1 Å². The van der Waals surface area contributed by atoms with Crippen LogP contribution in [0.2, 0.25) is 0 Å². The lowest BCUT2D eigenvalue weighted by molar-refractivity contribution is -0.384. The predicted octanol–water partition coefficient (Wildman–Crippen LogP) is 4.70. The zero-order valence-electron chi connectivity index (χ0n) is 22.5. The number of methoxy groups -OCH3 is 2. The Labute approximate surface area is 232 Å². The molecule has 0 bridgehead atoms. The zero-order chi connectivity index (χ0) is 30.5. The van der Waals surface area contributed by atoms with Gasteiger partial charge in [0.05, 0.1) is 24.8 Å². The van der Waals surface area contributed by atoms with Crippen molar-refractivity contribution in [2.24, 2.45) is 0 Å². The number of carboxylic acids is 1. The number of carboxylic acid groups (broad SMARTS) is 1. The molecule has 4 rings (SSSR count). The number of alkyl halides is 3. The van der Waals surface area contributed by atoms with Crippen LogP contribution >= 0.6 is 0 Å². The van der Waals surface area contributed by atoms with Crippen molar-refractivity contribution in [2.45, 2.75) is 49.4 Å². The fourth-order valence-electron chi connectivity index (χ4n) is 5.46. The largest absolute Gasteiger partial charge is 0.493 e. The highest BCUT2D eigenvalue weighted by Gasteiger charge is 2.50. The van der Waals surface area contributed by atoms with Crippen LogP contribution in [0.15, 0.2) is 36.4 Å². The maximum atomic E-state index is 14.1. The van der Waals surface area contributed by atoms with Gasteiger partial charge in [-0.05, 0) is 63.0 Å². The molecule has 224 valence electrons. The van der Waals surface area contributed by atoms with Crippen LogP contribution in [0.4, 0.5) is 33.7 Å². The SMILES string of the molecule is COc1ccc([C@@]23CC[C@@H](NC(=O)Nc4cc([N+](=O)[O-])ccc4F)C[C@@H]2N(C)CC3)cc1OC.O=C(O)C(F)(F)F. The first-order valence-electron chi connectivity index (χ1n) is 12.5. The first kappa shape index (κ1) is 31.4. The molecule has 0 radical (unpaired) electrons. The molecule has 2 aromatic rings. The summed E-state index contributed by atoms with van der Waals surface area (Å²) in [7, 11) is 5.33. The third-order valence-electron chi connectivity index (χ3n) is 7.47. The van der Waals surface area contributed by atoms with Gasteiger partial charge in [-0.25, -0.2) is 14.0 Å². The van der Waals surface area contributed by atoms with Crippen LogP contribution in [0.3, 0.4) is 0 Å². The van der Waals surface area contributed by atoms with Crippen molar-refractivity contribution in [3.05, 3.63) is 57.9 Å². The Morgan fingerprint density at radius 2 is 1.78 bits per heavy atom. The molecule has 1 saturated carbocycles. The Morgan fingerprint density at radius 1 is 1.12 bits per heavy atom. The van der Waals surface area contributed by atoms with E-state index >= 15 is 0 Å². The summed E-state index contributed by atoms with van der Waals surface area (Å²) in [5, 5.41) is 23.4. The maximum absolute atomic E-state index is 14.1. The molecule has 2 amide bonds. The van der Waals surface area contributed by atoms with E-state index in [4.69, 9.17) is 19.4 Å². The minimum absolute atomic E-state index is 0.0604. The third kappa shape index (κ3) is 7.14. The molecule has 0 unspecified atom stereocenters. The minimum Gasteiger partial charge on any atom is -0.493 e. The second-order valence-corrected chi connectivity index (χ2v) is 9.77. The molecule has 2 aliphatic rings. The highest BCUT2D eigenvalue weighted by atomic mass is 19.4. The van der Waals surface area contributed by atoms with Crippen molar-refractivity contribution in [3.8, 4) is 11.5 Å². The number of fused-ring (bicyclic) bond motifs is 1. The van der Waals surface area contributed by atoms with Gasteiger partial charge >= 0.3 is 18.2 Å². The third-order valence-corrected chi connectivity index (χ3v) is 7.47. The number of non-ortho nitro benzene ring substituents is 1. The van der Waals surface area contributed by atoms with Crippen molar-refractivity contribution >= 4 is 23.4 Å². The number of hydrogen-bond acceptors (Lipinski definition) is 7. The summed E-state index contributed by atoms with van der Waals surface area (Å²) in [6, 6.07) is 8.65.